The summed E-state index contributed by atoms with van der Waals surface area (Å²) < 4.78 is 27.4. The van der Waals surface area contributed by atoms with E-state index in [1.165, 1.54) is 4.31 Å². The second-order valence-electron chi connectivity index (χ2n) is 5.65. The maximum atomic E-state index is 12.9. The van der Waals surface area contributed by atoms with Gasteiger partial charge in [-0.3, -0.25) is 4.79 Å². The van der Waals surface area contributed by atoms with E-state index in [1.807, 2.05) is 0 Å². The standard InChI is InChI=1S/C14H19N3O3S/c1-9-11(15)5-2-6-13(9)21(19,20)17-7-3-4-10-12(17)8-16-14(10)18/h2,5-6,10,12H,3-4,7-8,15H2,1H3,(H,16,18). The van der Waals surface area contributed by atoms with E-state index in [1.54, 1.807) is 25.1 Å². The Morgan fingerprint density at radius 2 is 2.14 bits per heavy atom. The first-order valence-corrected chi connectivity index (χ1v) is 8.51. The summed E-state index contributed by atoms with van der Waals surface area (Å²) in [7, 11) is -3.63. The topological polar surface area (TPSA) is 92.5 Å². The first kappa shape index (κ1) is 14.3. The van der Waals surface area contributed by atoms with Gasteiger partial charge in [0, 0.05) is 18.8 Å². The molecule has 0 saturated carbocycles. The minimum atomic E-state index is -3.63. The average Bonchev–Trinajstić information content (AvgIpc) is 2.83. The highest BCUT2D eigenvalue weighted by atomic mass is 32.2. The van der Waals surface area contributed by atoms with Gasteiger partial charge in [-0.15, -0.1) is 0 Å². The molecular formula is C14H19N3O3S. The van der Waals surface area contributed by atoms with Crippen LogP contribution in [0, 0.1) is 12.8 Å². The van der Waals surface area contributed by atoms with Crippen LogP contribution in [0.25, 0.3) is 0 Å². The van der Waals surface area contributed by atoms with Crippen LogP contribution in [0.2, 0.25) is 0 Å². The van der Waals surface area contributed by atoms with Gasteiger partial charge in [-0.25, -0.2) is 8.42 Å². The third-order valence-corrected chi connectivity index (χ3v) is 6.53. The van der Waals surface area contributed by atoms with E-state index in [0.29, 0.717) is 30.8 Å². The molecule has 2 atom stereocenters. The molecule has 1 amide bonds. The normalized spacial score (nSPS) is 26.4. The Morgan fingerprint density at radius 3 is 2.90 bits per heavy atom. The summed E-state index contributed by atoms with van der Waals surface area (Å²) in [5, 5.41) is 2.77. The van der Waals surface area contributed by atoms with Crippen molar-refractivity contribution >= 4 is 21.6 Å². The van der Waals surface area contributed by atoms with E-state index in [4.69, 9.17) is 5.73 Å². The molecule has 2 heterocycles. The Labute approximate surface area is 124 Å². The number of carbonyl (C=O) groups is 1. The zero-order valence-corrected chi connectivity index (χ0v) is 12.7. The van der Waals surface area contributed by atoms with E-state index in [2.05, 4.69) is 5.32 Å². The maximum absolute atomic E-state index is 12.9. The molecule has 3 N–H and O–H groups in total. The fourth-order valence-electron chi connectivity index (χ4n) is 3.25. The van der Waals surface area contributed by atoms with Crippen molar-refractivity contribution in [3.8, 4) is 0 Å². The highest BCUT2D eigenvalue weighted by molar-refractivity contribution is 7.89. The summed E-state index contributed by atoms with van der Waals surface area (Å²) in [5.74, 6) is -0.265. The number of sulfonamides is 1. The fourth-order valence-corrected chi connectivity index (χ4v) is 5.20. The second kappa shape index (κ2) is 4.99. The van der Waals surface area contributed by atoms with Gasteiger partial charge in [0.1, 0.15) is 0 Å². The second-order valence-corrected chi connectivity index (χ2v) is 7.51. The van der Waals surface area contributed by atoms with Crippen LogP contribution < -0.4 is 11.1 Å². The third kappa shape index (κ3) is 2.20. The molecular weight excluding hydrogens is 290 g/mol. The number of hydrogen-bond acceptors (Lipinski definition) is 4. The van der Waals surface area contributed by atoms with Gasteiger partial charge in [-0.05, 0) is 37.5 Å². The molecule has 2 aliphatic heterocycles. The van der Waals surface area contributed by atoms with Gasteiger partial charge in [0.05, 0.1) is 16.9 Å². The van der Waals surface area contributed by atoms with Crippen LogP contribution in [0.3, 0.4) is 0 Å². The molecule has 1 aromatic carbocycles. The van der Waals surface area contributed by atoms with Crippen LogP contribution in [0.4, 0.5) is 5.69 Å². The number of nitrogens with two attached hydrogens (primary N) is 1. The van der Waals surface area contributed by atoms with E-state index in [0.717, 1.165) is 6.42 Å². The van der Waals surface area contributed by atoms with E-state index < -0.39 is 10.0 Å². The third-order valence-electron chi connectivity index (χ3n) is 4.46. The minimum absolute atomic E-state index is 0.0378. The zero-order valence-electron chi connectivity index (χ0n) is 11.9. The predicted octanol–water partition coefficient (Wildman–Crippen LogP) is 0.476. The van der Waals surface area contributed by atoms with Crippen molar-refractivity contribution in [2.24, 2.45) is 5.92 Å². The van der Waals surface area contributed by atoms with E-state index in [-0.39, 0.29) is 22.8 Å². The molecule has 6 nitrogen and oxygen atoms in total. The number of benzene rings is 1. The van der Waals surface area contributed by atoms with Crippen molar-refractivity contribution in [3.05, 3.63) is 23.8 Å². The lowest BCUT2D eigenvalue weighted by molar-refractivity contribution is -0.123. The lowest BCUT2D eigenvalue weighted by Crippen LogP contribution is -2.48. The SMILES string of the molecule is Cc1c(N)cccc1S(=O)(=O)N1CCCC2C(=O)NCC21. The zero-order chi connectivity index (χ0) is 15.2. The molecule has 21 heavy (non-hydrogen) atoms. The molecule has 2 saturated heterocycles. The minimum Gasteiger partial charge on any atom is -0.398 e. The van der Waals surface area contributed by atoms with Crippen LogP contribution in [0.15, 0.2) is 23.1 Å². The Bertz CT molecular complexity index is 687. The van der Waals surface area contributed by atoms with Gasteiger partial charge < -0.3 is 11.1 Å². The van der Waals surface area contributed by atoms with E-state index >= 15 is 0 Å². The number of nitrogens with zero attached hydrogens (tertiary/aromatic N) is 1. The van der Waals surface area contributed by atoms with Gasteiger partial charge in [0.25, 0.3) is 0 Å². The number of nitrogen functional groups attached to an aromatic ring is 1. The average molecular weight is 309 g/mol. The predicted molar refractivity (Wildman–Crippen MR) is 79.0 cm³/mol. The Balaban J connectivity index is 2.02. The Hall–Kier alpha value is -1.60. The first-order valence-electron chi connectivity index (χ1n) is 7.07. The van der Waals surface area contributed by atoms with Crippen molar-refractivity contribution in [2.45, 2.75) is 30.7 Å². The van der Waals surface area contributed by atoms with Gasteiger partial charge in [0.2, 0.25) is 15.9 Å². The molecule has 0 aromatic heterocycles. The smallest absolute Gasteiger partial charge is 0.243 e. The van der Waals surface area contributed by atoms with Crippen LogP contribution >= 0.6 is 0 Å². The van der Waals surface area contributed by atoms with Crippen molar-refractivity contribution < 1.29 is 13.2 Å². The molecule has 2 fully saturated rings. The van der Waals surface area contributed by atoms with Gasteiger partial charge >= 0.3 is 0 Å². The van der Waals surface area contributed by atoms with Crippen LogP contribution in [0.5, 0.6) is 0 Å². The number of piperidine rings is 1. The number of carbonyl (C=O) groups excluding carboxylic acids is 1. The quantitative estimate of drug-likeness (QED) is 0.777. The number of rotatable bonds is 2. The summed E-state index contributed by atoms with van der Waals surface area (Å²) >= 11 is 0. The largest absolute Gasteiger partial charge is 0.398 e. The van der Waals surface area contributed by atoms with Crippen molar-refractivity contribution in [1.82, 2.24) is 9.62 Å². The van der Waals surface area contributed by atoms with Crippen LogP contribution in [-0.2, 0) is 14.8 Å². The fraction of sp³-hybridized carbons (Fsp3) is 0.500. The Kier molecular flexibility index (Phi) is 3.41. The van der Waals surface area contributed by atoms with Gasteiger partial charge in [-0.1, -0.05) is 6.07 Å². The maximum Gasteiger partial charge on any atom is 0.243 e. The number of hydrogen-bond donors (Lipinski definition) is 2. The van der Waals surface area contributed by atoms with Crippen LogP contribution in [-0.4, -0.2) is 37.8 Å². The summed E-state index contributed by atoms with van der Waals surface area (Å²) in [4.78, 5) is 12.0. The monoisotopic (exact) mass is 309 g/mol. The summed E-state index contributed by atoms with van der Waals surface area (Å²) in [6.07, 6.45) is 1.45. The molecule has 3 rings (SSSR count). The molecule has 0 spiro atoms. The molecule has 114 valence electrons. The summed E-state index contributed by atoms with van der Waals surface area (Å²) in [5.41, 5.74) is 6.86. The lowest BCUT2D eigenvalue weighted by Gasteiger charge is -2.35. The molecule has 0 radical (unpaired) electrons. The number of nitrogens with one attached hydrogen (secondary N) is 1. The summed E-state index contributed by atoms with van der Waals surface area (Å²) in [6.45, 7) is 2.55. The number of amides is 1. The van der Waals surface area contributed by atoms with Crippen molar-refractivity contribution in [3.63, 3.8) is 0 Å². The van der Waals surface area contributed by atoms with Crippen molar-refractivity contribution in [2.75, 3.05) is 18.8 Å². The van der Waals surface area contributed by atoms with E-state index in [9.17, 15) is 13.2 Å². The van der Waals surface area contributed by atoms with Gasteiger partial charge in [-0.2, -0.15) is 4.31 Å². The highest BCUT2D eigenvalue weighted by Gasteiger charge is 2.45. The molecule has 2 aliphatic rings. The molecule has 2 unspecified atom stereocenters. The number of anilines is 1. The highest BCUT2D eigenvalue weighted by Crippen LogP contribution is 2.33. The molecule has 7 heteroatoms. The number of fused-ring (bicyclic) bond motifs is 1. The Morgan fingerprint density at radius 1 is 1.38 bits per heavy atom. The molecule has 0 bridgehead atoms. The van der Waals surface area contributed by atoms with Crippen LogP contribution in [0.1, 0.15) is 18.4 Å². The summed E-state index contributed by atoms with van der Waals surface area (Å²) in [6, 6.07) is 4.63. The molecule has 1 aromatic rings. The first-order chi connectivity index (χ1) is 9.93. The molecule has 0 aliphatic carbocycles. The van der Waals surface area contributed by atoms with Crippen molar-refractivity contribution in [1.29, 1.82) is 0 Å². The lowest BCUT2D eigenvalue weighted by atomic mass is 9.93. The van der Waals surface area contributed by atoms with Gasteiger partial charge in [0.15, 0.2) is 0 Å².